The Labute approximate surface area is 128 Å². The Balaban J connectivity index is 2.07. The number of nitrogens with zero attached hydrogens (tertiary/aromatic N) is 4. The number of pyridine rings is 1. The van der Waals surface area contributed by atoms with Crippen LogP contribution in [0.25, 0.3) is 5.65 Å². The summed E-state index contributed by atoms with van der Waals surface area (Å²) in [6.45, 7) is 5.96. The molecule has 0 aliphatic carbocycles. The highest BCUT2D eigenvalue weighted by molar-refractivity contribution is 6.30. The van der Waals surface area contributed by atoms with E-state index in [2.05, 4.69) is 15.2 Å². The maximum absolute atomic E-state index is 6.00. The van der Waals surface area contributed by atoms with Crippen LogP contribution in [0.15, 0.2) is 46.8 Å². The molecular weight excluding hydrogens is 284 g/mol. The molecule has 0 saturated heterocycles. The number of hydrogen-bond acceptors (Lipinski definition) is 3. The van der Waals surface area contributed by atoms with E-state index in [1.54, 1.807) is 0 Å². The lowest BCUT2D eigenvalue weighted by Crippen LogP contribution is -1.84. The van der Waals surface area contributed by atoms with E-state index in [1.807, 2.05) is 61.7 Å². The fourth-order valence-electron chi connectivity index (χ4n) is 2.16. The van der Waals surface area contributed by atoms with Gasteiger partial charge in [0, 0.05) is 11.2 Å². The van der Waals surface area contributed by atoms with Gasteiger partial charge in [-0.05, 0) is 56.2 Å². The third-order valence-corrected chi connectivity index (χ3v) is 3.58. The lowest BCUT2D eigenvalue weighted by atomic mass is 10.2. The molecule has 0 atom stereocenters. The average molecular weight is 299 g/mol. The molecule has 0 aliphatic heterocycles. The largest absolute Gasteiger partial charge is 0.283 e. The number of rotatable bonds is 2. The van der Waals surface area contributed by atoms with Gasteiger partial charge in [0.1, 0.15) is 5.65 Å². The van der Waals surface area contributed by atoms with Gasteiger partial charge < -0.3 is 0 Å². The number of aryl methyl sites for hydroxylation is 3. The number of fused-ring (bicyclic) bond motifs is 1. The molecule has 5 heteroatoms. The Morgan fingerprint density at radius 2 is 1.86 bits per heavy atom. The molecular formula is C16H15ClN4. The minimum absolute atomic E-state index is 0.653. The maximum Gasteiger partial charge on any atom is 0.182 e. The Hall–Kier alpha value is -2.20. The summed E-state index contributed by atoms with van der Waals surface area (Å²) >= 11 is 6.00. The Kier molecular flexibility index (Phi) is 3.47. The zero-order chi connectivity index (χ0) is 15.0. The van der Waals surface area contributed by atoms with Crippen molar-refractivity contribution < 1.29 is 0 Å². The van der Waals surface area contributed by atoms with Crippen molar-refractivity contribution in [3.05, 3.63) is 58.4 Å². The van der Waals surface area contributed by atoms with E-state index in [4.69, 9.17) is 11.6 Å². The molecule has 3 rings (SSSR count). The van der Waals surface area contributed by atoms with Crippen molar-refractivity contribution in [2.45, 2.75) is 20.8 Å². The smallest absolute Gasteiger partial charge is 0.182 e. The van der Waals surface area contributed by atoms with Crippen LogP contribution >= 0.6 is 11.6 Å². The van der Waals surface area contributed by atoms with Crippen molar-refractivity contribution in [3.8, 4) is 0 Å². The van der Waals surface area contributed by atoms with E-state index in [-0.39, 0.29) is 0 Å². The molecule has 1 aromatic carbocycles. The molecule has 2 aromatic heterocycles. The van der Waals surface area contributed by atoms with Crippen molar-refractivity contribution in [3.63, 3.8) is 0 Å². The fraction of sp³-hybridized carbons (Fsp3) is 0.188. The molecule has 21 heavy (non-hydrogen) atoms. The number of hydrogen-bond donors (Lipinski definition) is 0. The molecule has 0 fully saturated rings. The molecule has 0 N–H and O–H groups in total. The Bertz CT molecular complexity index is 849. The van der Waals surface area contributed by atoms with E-state index in [1.165, 1.54) is 5.56 Å². The van der Waals surface area contributed by atoms with Crippen molar-refractivity contribution in [2.75, 3.05) is 0 Å². The van der Waals surface area contributed by atoms with Crippen molar-refractivity contribution >= 4 is 28.8 Å². The third-order valence-electron chi connectivity index (χ3n) is 3.35. The topological polar surface area (TPSA) is 42.0 Å². The van der Waals surface area contributed by atoms with Crippen LogP contribution in [0.3, 0.4) is 0 Å². The lowest BCUT2D eigenvalue weighted by Gasteiger charge is -2.00. The molecule has 2 heterocycles. The second-order valence-electron chi connectivity index (χ2n) is 5.08. The van der Waals surface area contributed by atoms with E-state index in [0.29, 0.717) is 5.02 Å². The average Bonchev–Trinajstić information content (AvgIpc) is 2.74. The quantitative estimate of drug-likeness (QED) is 0.590. The molecule has 0 unspecified atom stereocenters. The van der Waals surface area contributed by atoms with Crippen LogP contribution in [0, 0.1) is 20.8 Å². The fourth-order valence-corrected chi connectivity index (χ4v) is 2.33. The standard InChI is InChI=1S/C16H15ClN4/c1-10-6-7-21-15(8-10)18-12(3)16(21)20-19-14-9-13(17)5-4-11(14)2/h4-9H,1-3H3. The van der Waals surface area contributed by atoms with Gasteiger partial charge in [-0.25, -0.2) is 4.98 Å². The van der Waals surface area contributed by atoms with Gasteiger partial charge in [-0.15, -0.1) is 10.2 Å². The second-order valence-corrected chi connectivity index (χ2v) is 5.52. The summed E-state index contributed by atoms with van der Waals surface area (Å²) in [7, 11) is 0. The van der Waals surface area contributed by atoms with E-state index in [9.17, 15) is 0 Å². The molecule has 3 aromatic rings. The highest BCUT2D eigenvalue weighted by Crippen LogP contribution is 2.27. The number of azo groups is 1. The van der Waals surface area contributed by atoms with Gasteiger partial charge in [0.05, 0.1) is 11.4 Å². The minimum atomic E-state index is 0.653. The van der Waals surface area contributed by atoms with E-state index in [0.717, 1.165) is 28.4 Å². The first-order valence-electron chi connectivity index (χ1n) is 6.68. The van der Waals surface area contributed by atoms with Gasteiger partial charge in [-0.3, -0.25) is 4.40 Å². The van der Waals surface area contributed by atoms with Gasteiger partial charge in [-0.1, -0.05) is 17.7 Å². The van der Waals surface area contributed by atoms with Crippen LogP contribution in [-0.2, 0) is 0 Å². The first-order chi connectivity index (χ1) is 10.0. The Morgan fingerprint density at radius 1 is 1.05 bits per heavy atom. The summed E-state index contributed by atoms with van der Waals surface area (Å²) in [5.41, 5.74) is 4.70. The molecule has 0 saturated carbocycles. The van der Waals surface area contributed by atoms with Gasteiger partial charge >= 0.3 is 0 Å². The normalized spacial score (nSPS) is 11.6. The minimum Gasteiger partial charge on any atom is -0.283 e. The van der Waals surface area contributed by atoms with Crippen molar-refractivity contribution in [1.29, 1.82) is 0 Å². The van der Waals surface area contributed by atoms with E-state index < -0.39 is 0 Å². The van der Waals surface area contributed by atoms with Crippen LogP contribution in [-0.4, -0.2) is 9.38 Å². The summed E-state index contributed by atoms with van der Waals surface area (Å²) < 4.78 is 1.94. The molecule has 0 amide bonds. The summed E-state index contributed by atoms with van der Waals surface area (Å²) in [4.78, 5) is 4.51. The first kappa shape index (κ1) is 13.8. The molecule has 0 spiro atoms. The predicted octanol–water partition coefficient (Wildman–Crippen LogP) is 5.33. The highest BCUT2D eigenvalue weighted by atomic mass is 35.5. The number of halogens is 1. The van der Waals surface area contributed by atoms with Crippen molar-refractivity contribution in [2.24, 2.45) is 10.2 Å². The van der Waals surface area contributed by atoms with Crippen LogP contribution in [0.2, 0.25) is 5.02 Å². The van der Waals surface area contributed by atoms with Crippen LogP contribution < -0.4 is 0 Å². The van der Waals surface area contributed by atoms with Gasteiger partial charge in [0.2, 0.25) is 0 Å². The zero-order valence-corrected chi connectivity index (χ0v) is 12.9. The summed E-state index contributed by atoms with van der Waals surface area (Å²) in [5.74, 6) is 0.740. The van der Waals surface area contributed by atoms with Gasteiger partial charge in [0.15, 0.2) is 5.82 Å². The lowest BCUT2D eigenvalue weighted by molar-refractivity contribution is 1.09. The molecule has 106 valence electrons. The van der Waals surface area contributed by atoms with Gasteiger partial charge in [0.25, 0.3) is 0 Å². The number of aromatic nitrogens is 2. The zero-order valence-electron chi connectivity index (χ0n) is 12.1. The van der Waals surface area contributed by atoms with Gasteiger partial charge in [-0.2, -0.15) is 0 Å². The highest BCUT2D eigenvalue weighted by Gasteiger charge is 2.08. The first-order valence-corrected chi connectivity index (χ1v) is 7.05. The maximum atomic E-state index is 6.00. The monoisotopic (exact) mass is 298 g/mol. The van der Waals surface area contributed by atoms with E-state index >= 15 is 0 Å². The number of benzene rings is 1. The summed E-state index contributed by atoms with van der Waals surface area (Å²) in [6, 6.07) is 9.64. The second kappa shape index (κ2) is 5.30. The Morgan fingerprint density at radius 3 is 2.67 bits per heavy atom. The van der Waals surface area contributed by atoms with Crippen LogP contribution in [0.1, 0.15) is 16.8 Å². The molecule has 4 nitrogen and oxygen atoms in total. The molecule has 0 bridgehead atoms. The molecule has 0 radical (unpaired) electrons. The van der Waals surface area contributed by atoms with Crippen LogP contribution in [0.5, 0.6) is 0 Å². The van der Waals surface area contributed by atoms with Crippen molar-refractivity contribution in [1.82, 2.24) is 9.38 Å². The number of imidazole rings is 1. The third kappa shape index (κ3) is 2.67. The molecule has 0 aliphatic rings. The summed E-state index contributed by atoms with van der Waals surface area (Å²) in [5, 5.41) is 9.34. The van der Waals surface area contributed by atoms with Crippen LogP contribution in [0.4, 0.5) is 11.5 Å². The summed E-state index contributed by atoms with van der Waals surface area (Å²) in [6.07, 6.45) is 1.96. The predicted molar refractivity (Wildman–Crippen MR) is 85.0 cm³/mol. The SMILES string of the molecule is Cc1ccn2c(N=Nc3cc(Cl)ccc3C)c(C)nc2c1.